The number of nitrogens with one attached hydrogen (secondary N) is 1. The van der Waals surface area contributed by atoms with Crippen LogP contribution in [0.4, 0.5) is 0 Å². The lowest BCUT2D eigenvalue weighted by Gasteiger charge is -2.08. The van der Waals surface area contributed by atoms with Crippen LogP contribution < -0.4 is 4.72 Å². The number of carbonyl (C=O) groups excluding carboxylic acids is 1. The minimum Gasteiger partial charge on any atom is -0.460 e. The maximum absolute atomic E-state index is 12.1. The first-order valence-electron chi connectivity index (χ1n) is 7.10. The molecule has 0 heterocycles. The quantitative estimate of drug-likeness (QED) is 0.783. The molecule has 2 aromatic rings. The Labute approximate surface area is 145 Å². The lowest BCUT2D eigenvalue weighted by Crippen LogP contribution is -2.30. The molecule has 0 saturated carbocycles. The van der Waals surface area contributed by atoms with Crippen molar-refractivity contribution in [3.63, 3.8) is 0 Å². The summed E-state index contributed by atoms with van der Waals surface area (Å²) in [4.78, 5) is 11.7. The molecule has 126 valence electrons. The van der Waals surface area contributed by atoms with Crippen LogP contribution in [0.5, 0.6) is 0 Å². The van der Waals surface area contributed by atoms with Crippen molar-refractivity contribution in [1.29, 1.82) is 10.5 Å². The SMILES string of the molecule is N#Cc1ccc(S(=O)(=O)NCC(=O)OCc2ccccc2C#N)cc1. The molecule has 0 spiro atoms. The summed E-state index contributed by atoms with van der Waals surface area (Å²) in [5.41, 5.74) is 1.25. The molecule has 2 rings (SSSR count). The van der Waals surface area contributed by atoms with E-state index in [1.165, 1.54) is 24.3 Å². The Hall–Kier alpha value is -3.20. The Morgan fingerprint density at radius 1 is 1.04 bits per heavy atom. The number of hydrogen-bond acceptors (Lipinski definition) is 6. The number of benzene rings is 2. The number of ether oxygens (including phenoxy) is 1. The second-order valence-electron chi connectivity index (χ2n) is 4.89. The summed E-state index contributed by atoms with van der Waals surface area (Å²) in [5.74, 6) is -0.773. The number of carbonyl (C=O) groups is 1. The summed E-state index contributed by atoms with van der Waals surface area (Å²) < 4.78 is 31.2. The van der Waals surface area contributed by atoms with Gasteiger partial charge in [-0.15, -0.1) is 0 Å². The van der Waals surface area contributed by atoms with Crippen molar-refractivity contribution in [3.05, 3.63) is 65.2 Å². The van der Waals surface area contributed by atoms with Gasteiger partial charge in [0.1, 0.15) is 13.2 Å². The molecule has 25 heavy (non-hydrogen) atoms. The lowest BCUT2D eigenvalue weighted by atomic mass is 10.1. The molecular weight excluding hydrogens is 342 g/mol. The average molecular weight is 355 g/mol. The molecule has 7 nitrogen and oxygen atoms in total. The summed E-state index contributed by atoms with van der Waals surface area (Å²) in [7, 11) is -3.89. The first-order valence-corrected chi connectivity index (χ1v) is 8.58. The summed E-state index contributed by atoms with van der Waals surface area (Å²) in [6.07, 6.45) is 0. The van der Waals surface area contributed by atoms with E-state index in [-0.39, 0.29) is 11.5 Å². The lowest BCUT2D eigenvalue weighted by molar-refractivity contribution is -0.143. The molecular formula is C17H13N3O4S. The molecule has 0 aromatic heterocycles. The first-order chi connectivity index (χ1) is 12.0. The predicted octanol–water partition coefficient (Wildman–Crippen LogP) is 1.45. The highest BCUT2D eigenvalue weighted by Crippen LogP contribution is 2.10. The van der Waals surface area contributed by atoms with Crippen LogP contribution in [-0.2, 0) is 26.2 Å². The van der Waals surface area contributed by atoms with Crippen LogP contribution in [0.2, 0.25) is 0 Å². The number of rotatable bonds is 6. The molecule has 0 fully saturated rings. The van der Waals surface area contributed by atoms with Gasteiger partial charge < -0.3 is 4.74 Å². The van der Waals surface area contributed by atoms with Crippen LogP contribution in [0.1, 0.15) is 16.7 Å². The van der Waals surface area contributed by atoms with Gasteiger partial charge in [-0.1, -0.05) is 18.2 Å². The zero-order valence-electron chi connectivity index (χ0n) is 13.0. The van der Waals surface area contributed by atoms with Crippen molar-refractivity contribution in [2.45, 2.75) is 11.5 Å². The Bertz CT molecular complexity index is 955. The van der Waals surface area contributed by atoms with E-state index in [1.807, 2.05) is 12.1 Å². The van der Waals surface area contributed by atoms with E-state index in [2.05, 4.69) is 4.72 Å². The van der Waals surface area contributed by atoms with E-state index in [4.69, 9.17) is 15.3 Å². The Morgan fingerprint density at radius 2 is 1.72 bits per heavy atom. The molecule has 0 bridgehead atoms. The molecule has 0 atom stereocenters. The maximum Gasteiger partial charge on any atom is 0.321 e. The van der Waals surface area contributed by atoms with Crippen LogP contribution in [-0.4, -0.2) is 20.9 Å². The third-order valence-corrected chi connectivity index (χ3v) is 4.64. The van der Waals surface area contributed by atoms with E-state index in [0.717, 1.165) is 0 Å². The molecule has 0 aliphatic heterocycles. The fourth-order valence-corrected chi connectivity index (χ4v) is 2.88. The van der Waals surface area contributed by atoms with Gasteiger partial charge in [-0.25, -0.2) is 8.42 Å². The summed E-state index contributed by atoms with van der Waals surface area (Å²) in [5, 5.41) is 17.7. The largest absolute Gasteiger partial charge is 0.460 e. The van der Waals surface area contributed by atoms with Crippen molar-refractivity contribution in [2.24, 2.45) is 0 Å². The molecule has 0 radical (unpaired) electrons. The van der Waals surface area contributed by atoms with Gasteiger partial charge in [0.25, 0.3) is 0 Å². The van der Waals surface area contributed by atoms with Crippen molar-refractivity contribution < 1.29 is 17.9 Å². The minimum atomic E-state index is -3.89. The number of sulfonamides is 1. The Balaban J connectivity index is 1.92. The number of hydrogen-bond donors (Lipinski definition) is 1. The van der Waals surface area contributed by atoms with Crippen molar-refractivity contribution in [3.8, 4) is 12.1 Å². The number of nitriles is 2. The van der Waals surface area contributed by atoms with Gasteiger partial charge in [-0.3, -0.25) is 4.79 Å². The molecule has 0 amide bonds. The van der Waals surface area contributed by atoms with Crippen LogP contribution in [0, 0.1) is 22.7 Å². The maximum atomic E-state index is 12.1. The second kappa shape index (κ2) is 8.06. The van der Waals surface area contributed by atoms with Gasteiger partial charge in [-0.2, -0.15) is 15.2 Å². The fraction of sp³-hybridized carbons (Fsp3) is 0.118. The van der Waals surface area contributed by atoms with Gasteiger partial charge in [0.2, 0.25) is 10.0 Å². The van der Waals surface area contributed by atoms with Crippen LogP contribution >= 0.6 is 0 Å². The van der Waals surface area contributed by atoms with E-state index >= 15 is 0 Å². The highest BCUT2D eigenvalue weighted by Gasteiger charge is 2.16. The molecule has 1 N–H and O–H groups in total. The van der Waals surface area contributed by atoms with E-state index in [0.29, 0.717) is 16.7 Å². The smallest absolute Gasteiger partial charge is 0.321 e. The van der Waals surface area contributed by atoms with Gasteiger partial charge in [0.15, 0.2) is 0 Å². The zero-order chi connectivity index (χ0) is 18.3. The fourth-order valence-electron chi connectivity index (χ4n) is 1.91. The van der Waals surface area contributed by atoms with Crippen molar-refractivity contribution in [2.75, 3.05) is 6.54 Å². The van der Waals surface area contributed by atoms with Crippen LogP contribution in [0.25, 0.3) is 0 Å². The van der Waals surface area contributed by atoms with E-state index in [1.54, 1.807) is 24.3 Å². The van der Waals surface area contributed by atoms with Crippen molar-refractivity contribution in [1.82, 2.24) is 4.72 Å². The zero-order valence-corrected chi connectivity index (χ0v) is 13.8. The standard InChI is InChI=1S/C17H13N3O4S/c18-9-13-5-7-16(8-6-13)25(22,23)20-11-17(21)24-12-15-4-2-1-3-14(15)10-19/h1-8,20H,11-12H2. The average Bonchev–Trinajstić information content (AvgIpc) is 2.65. The van der Waals surface area contributed by atoms with E-state index in [9.17, 15) is 13.2 Å². The number of nitrogens with zero attached hydrogens (tertiary/aromatic N) is 2. The number of esters is 1. The predicted molar refractivity (Wildman–Crippen MR) is 87.3 cm³/mol. The second-order valence-corrected chi connectivity index (χ2v) is 6.66. The summed E-state index contributed by atoms with van der Waals surface area (Å²) >= 11 is 0. The minimum absolute atomic E-state index is 0.0610. The molecule has 0 aliphatic carbocycles. The van der Waals surface area contributed by atoms with Gasteiger partial charge in [0.05, 0.1) is 28.2 Å². The highest BCUT2D eigenvalue weighted by atomic mass is 32.2. The van der Waals surface area contributed by atoms with Crippen molar-refractivity contribution >= 4 is 16.0 Å². The van der Waals surface area contributed by atoms with Gasteiger partial charge in [0, 0.05) is 5.56 Å². The third kappa shape index (κ3) is 4.88. The first kappa shape index (κ1) is 18.1. The van der Waals surface area contributed by atoms with E-state index < -0.39 is 22.5 Å². The normalized spacial score (nSPS) is 10.5. The molecule has 0 unspecified atom stereocenters. The molecule has 8 heteroatoms. The highest BCUT2D eigenvalue weighted by molar-refractivity contribution is 7.89. The van der Waals surface area contributed by atoms with Gasteiger partial charge >= 0.3 is 5.97 Å². The molecule has 2 aromatic carbocycles. The molecule has 0 saturated heterocycles. The summed E-state index contributed by atoms with van der Waals surface area (Å²) in [6.45, 7) is -0.668. The van der Waals surface area contributed by atoms with Crippen LogP contribution in [0.3, 0.4) is 0 Å². The summed E-state index contributed by atoms with van der Waals surface area (Å²) in [6, 6.07) is 15.8. The monoisotopic (exact) mass is 355 g/mol. The molecule has 0 aliphatic rings. The van der Waals surface area contributed by atoms with Crippen LogP contribution in [0.15, 0.2) is 53.4 Å². The Kier molecular flexibility index (Phi) is 5.85. The Morgan fingerprint density at radius 3 is 2.36 bits per heavy atom. The topological polar surface area (TPSA) is 120 Å². The third-order valence-electron chi connectivity index (χ3n) is 3.23. The van der Waals surface area contributed by atoms with Gasteiger partial charge in [-0.05, 0) is 30.3 Å².